The predicted molar refractivity (Wildman–Crippen MR) is 52.1 cm³/mol. The fraction of sp³-hybridized carbons (Fsp3) is 0.500. The zero-order chi connectivity index (χ0) is 9.14. The maximum absolute atomic E-state index is 7.22. The Labute approximate surface area is 77.6 Å². The summed E-state index contributed by atoms with van der Waals surface area (Å²) in [4.78, 5) is 0.118. The summed E-state index contributed by atoms with van der Waals surface area (Å²) >= 11 is 4.71. The minimum absolute atomic E-state index is 0.118. The molecule has 0 aliphatic carbocycles. The lowest BCUT2D eigenvalue weighted by Crippen LogP contribution is -2.04. The molecule has 0 aliphatic rings. The summed E-state index contributed by atoms with van der Waals surface area (Å²) in [5, 5.41) is 4.19. The molecular weight excluding hydrogens is 170 g/mol. The SMILES string of the molecule is CCCn1nc(C([NH])=S)cc1C. The first kappa shape index (κ1) is 9.19. The van der Waals surface area contributed by atoms with Gasteiger partial charge in [0.25, 0.3) is 0 Å². The van der Waals surface area contributed by atoms with E-state index >= 15 is 0 Å². The summed E-state index contributed by atoms with van der Waals surface area (Å²) in [5.74, 6) is 0. The van der Waals surface area contributed by atoms with Gasteiger partial charge in [-0.2, -0.15) is 5.10 Å². The molecule has 1 N–H and O–H groups in total. The van der Waals surface area contributed by atoms with E-state index in [0.717, 1.165) is 18.7 Å². The Morgan fingerprint density at radius 2 is 2.42 bits per heavy atom. The Hall–Kier alpha value is -0.900. The van der Waals surface area contributed by atoms with Gasteiger partial charge in [-0.25, -0.2) is 0 Å². The lowest BCUT2D eigenvalue weighted by molar-refractivity contribution is 0.586. The lowest BCUT2D eigenvalue weighted by atomic mass is 10.4. The van der Waals surface area contributed by atoms with E-state index in [-0.39, 0.29) is 4.99 Å². The summed E-state index contributed by atoms with van der Waals surface area (Å²) in [6, 6.07) is 1.85. The van der Waals surface area contributed by atoms with Crippen LogP contribution in [0.15, 0.2) is 6.07 Å². The molecule has 0 saturated heterocycles. The normalized spacial score (nSPS) is 10.2. The quantitative estimate of drug-likeness (QED) is 0.666. The molecule has 1 heterocycles. The van der Waals surface area contributed by atoms with Crippen LogP contribution >= 0.6 is 12.2 Å². The van der Waals surface area contributed by atoms with E-state index < -0.39 is 0 Å². The van der Waals surface area contributed by atoms with Crippen molar-refractivity contribution in [2.45, 2.75) is 26.8 Å². The number of hydrogen-bond acceptors (Lipinski definition) is 2. The summed E-state index contributed by atoms with van der Waals surface area (Å²) < 4.78 is 1.89. The first-order valence-corrected chi connectivity index (χ1v) is 4.36. The number of aromatic nitrogens is 2. The molecule has 1 aromatic rings. The van der Waals surface area contributed by atoms with Gasteiger partial charge in [-0.05, 0) is 19.4 Å². The third kappa shape index (κ3) is 1.82. The van der Waals surface area contributed by atoms with Crippen LogP contribution in [0.4, 0.5) is 0 Å². The summed E-state index contributed by atoms with van der Waals surface area (Å²) in [6.45, 7) is 4.97. The monoisotopic (exact) mass is 182 g/mol. The fourth-order valence-electron chi connectivity index (χ4n) is 1.06. The van der Waals surface area contributed by atoms with E-state index in [1.807, 2.05) is 17.7 Å². The third-order valence-corrected chi connectivity index (χ3v) is 1.86. The minimum Gasteiger partial charge on any atom is -0.288 e. The maximum atomic E-state index is 7.22. The molecule has 1 radical (unpaired) electrons. The Bertz CT molecular complexity index is 290. The molecule has 65 valence electrons. The van der Waals surface area contributed by atoms with Crippen LogP contribution in [-0.2, 0) is 6.54 Å². The zero-order valence-electron chi connectivity index (χ0n) is 7.29. The van der Waals surface area contributed by atoms with Gasteiger partial charge in [0.1, 0.15) is 10.7 Å². The number of rotatable bonds is 3. The molecule has 4 heteroatoms. The standard InChI is InChI=1S/C8H12N3S/c1-3-4-11-6(2)5-7(10-11)8(9)12/h5,9H,3-4H2,1-2H3. The molecule has 12 heavy (non-hydrogen) atoms. The summed E-state index contributed by atoms with van der Waals surface area (Å²) in [5.41, 5.74) is 8.89. The van der Waals surface area contributed by atoms with Crippen molar-refractivity contribution < 1.29 is 0 Å². The van der Waals surface area contributed by atoms with Gasteiger partial charge < -0.3 is 0 Å². The highest BCUT2D eigenvalue weighted by Crippen LogP contribution is 2.04. The van der Waals surface area contributed by atoms with Gasteiger partial charge in [0, 0.05) is 12.2 Å². The van der Waals surface area contributed by atoms with E-state index in [4.69, 9.17) is 18.0 Å². The Morgan fingerprint density at radius 1 is 1.75 bits per heavy atom. The number of hydrogen-bond donors (Lipinski definition) is 0. The predicted octanol–water partition coefficient (Wildman–Crippen LogP) is 1.56. The molecule has 0 amide bonds. The Morgan fingerprint density at radius 3 is 2.83 bits per heavy atom. The first-order valence-electron chi connectivity index (χ1n) is 3.95. The Kier molecular flexibility index (Phi) is 2.81. The van der Waals surface area contributed by atoms with Gasteiger partial charge in [-0.15, -0.1) is 0 Å². The van der Waals surface area contributed by atoms with Crippen molar-refractivity contribution in [3.05, 3.63) is 17.5 Å². The molecule has 0 saturated carbocycles. The van der Waals surface area contributed by atoms with Crippen LogP contribution in [0, 0.1) is 6.92 Å². The largest absolute Gasteiger partial charge is 0.288 e. The van der Waals surface area contributed by atoms with Gasteiger partial charge in [0.15, 0.2) is 0 Å². The van der Waals surface area contributed by atoms with Crippen LogP contribution < -0.4 is 5.73 Å². The van der Waals surface area contributed by atoms with Gasteiger partial charge in [0.05, 0.1) is 0 Å². The van der Waals surface area contributed by atoms with Crippen molar-refractivity contribution in [2.24, 2.45) is 0 Å². The van der Waals surface area contributed by atoms with Crippen molar-refractivity contribution in [1.29, 1.82) is 0 Å². The number of aryl methyl sites for hydroxylation is 2. The first-order chi connectivity index (χ1) is 5.65. The van der Waals surface area contributed by atoms with Crippen molar-refractivity contribution in [1.82, 2.24) is 15.5 Å². The van der Waals surface area contributed by atoms with Crippen LogP contribution in [0.2, 0.25) is 0 Å². The molecular formula is C8H12N3S. The number of nitrogens with zero attached hydrogens (tertiary/aromatic N) is 2. The molecule has 0 bridgehead atoms. The molecule has 0 atom stereocenters. The van der Waals surface area contributed by atoms with Gasteiger partial charge in [-0.3, -0.25) is 10.4 Å². The average Bonchev–Trinajstić information content (AvgIpc) is 2.34. The van der Waals surface area contributed by atoms with Crippen LogP contribution in [0.5, 0.6) is 0 Å². The second-order valence-corrected chi connectivity index (χ2v) is 3.13. The maximum Gasteiger partial charge on any atom is 0.145 e. The molecule has 0 unspecified atom stereocenters. The molecule has 1 aromatic heterocycles. The highest BCUT2D eigenvalue weighted by molar-refractivity contribution is 7.80. The van der Waals surface area contributed by atoms with E-state index in [1.165, 1.54) is 0 Å². The molecule has 0 aromatic carbocycles. The van der Waals surface area contributed by atoms with Gasteiger partial charge in [0.2, 0.25) is 0 Å². The number of nitrogens with one attached hydrogen (secondary N) is 1. The highest BCUT2D eigenvalue weighted by atomic mass is 32.1. The summed E-state index contributed by atoms with van der Waals surface area (Å²) in [6.07, 6.45) is 1.05. The van der Waals surface area contributed by atoms with Crippen molar-refractivity contribution >= 4 is 17.2 Å². The van der Waals surface area contributed by atoms with Crippen molar-refractivity contribution in [3.8, 4) is 0 Å². The molecule has 3 nitrogen and oxygen atoms in total. The second kappa shape index (κ2) is 3.67. The molecule has 0 spiro atoms. The van der Waals surface area contributed by atoms with Gasteiger partial charge in [-0.1, -0.05) is 19.1 Å². The van der Waals surface area contributed by atoms with Crippen LogP contribution in [0.1, 0.15) is 24.7 Å². The molecule has 0 aliphatic heterocycles. The minimum atomic E-state index is 0.118. The third-order valence-electron chi connectivity index (χ3n) is 1.65. The smallest absolute Gasteiger partial charge is 0.145 e. The summed E-state index contributed by atoms with van der Waals surface area (Å²) in [7, 11) is 0. The Balaban J connectivity index is 2.92. The van der Waals surface area contributed by atoms with Gasteiger partial charge >= 0.3 is 0 Å². The zero-order valence-corrected chi connectivity index (χ0v) is 8.11. The van der Waals surface area contributed by atoms with E-state index in [9.17, 15) is 0 Å². The van der Waals surface area contributed by atoms with E-state index in [2.05, 4.69) is 12.0 Å². The average molecular weight is 182 g/mol. The van der Waals surface area contributed by atoms with Crippen LogP contribution in [0.3, 0.4) is 0 Å². The van der Waals surface area contributed by atoms with E-state index in [1.54, 1.807) is 0 Å². The number of thiocarbonyl (C=S) groups is 1. The van der Waals surface area contributed by atoms with Crippen LogP contribution in [0.25, 0.3) is 0 Å². The molecule has 1 rings (SSSR count). The van der Waals surface area contributed by atoms with E-state index in [0.29, 0.717) is 5.69 Å². The van der Waals surface area contributed by atoms with Crippen molar-refractivity contribution in [3.63, 3.8) is 0 Å². The van der Waals surface area contributed by atoms with Crippen LogP contribution in [-0.4, -0.2) is 14.8 Å². The fourth-order valence-corrected chi connectivity index (χ4v) is 1.16. The van der Waals surface area contributed by atoms with Crippen molar-refractivity contribution in [2.75, 3.05) is 0 Å². The lowest BCUT2D eigenvalue weighted by Gasteiger charge is -1.99. The topological polar surface area (TPSA) is 41.6 Å². The second-order valence-electron chi connectivity index (χ2n) is 2.72. The highest BCUT2D eigenvalue weighted by Gasteiger charge is 2.04. The molecule has 0 fully saturated rings.